The Bertz CT molecular complexity index is 901. The number of hydrogen-bond acceptors (Lipinski definition) is 2. The smallest absolute Gasteiger partial charge is 0 e. The summed E-state index contributed by atoms with van der Waals surface area (Å²) in [5.74, 6) is 0.312. The summed E-state index contributed by atoms with van der Waals surface area (Å²) < 4.78 is 22.5. The molecule has 1 aromatic rings. The molecule has 0 fully saturated rings. The van der Waals surface area contributed by atoms with Gasteiger partial charge in [-0.05, 0) is 24.1 Å². The maximum Gasteiger partial charge on any atom is 0 e. The maximum absolute atomic E-state index is 12.4. The fourth-order valence-electron chi connectivity index (χ4n) is 3.27. The number of nitrogens with zero attached hydrogens (tertiary/aromatic N) is 1. The second kappa shape index (κ2) is 12.6. The molecule has 0 saturated heterocycles. The zero-order valence-electron chi connectivity index (χ0n) is 14.9. The van der Waals surface area contributed by atoms with Gasteiger partial charge >= 0.3 is 33.9 Å². The van der Waals surface area contributed by atoms with Crippen LogP contribution in [0.15, 0.2) is 76.9 Å². The van der Waals surface area contributed by atoms with Gasteiger partial charge in [0.2, 0.25) is 0 Å². The summed E-state index contributed by atoms with van der Waals surface area (Å²) in [6, 6.07) is 10.2. The molecule has 0 N–H and O–H groups in total. The minimum absolute atomic E-state index is 0. The van der Waals surface area contributed by atoms with Gasteiger partial charge < -0.3 is 0 Å². The first kappa shape index (κ1) is 25.3. The van der Waals surface area contributed by atoms with E-state index in [1.165, 1.54) is 0 Å². The van der Waals surface area contributed by atoms with Crippen LogP contribution in [0.5, 0.6) is 0 Å². The molecule has 0 bridgehead atoms. The molecule has 28 heavy (non-hydrogen) atoms. The maximum atomic E-state index is 12.4. The largest absolute Gasteiger partial charge is 0 e. The first-order valence-corrected chi connectivity index (χ1v) is 7.83. The normalized spacial score (nSPS) is 20.0. The van der Waals surface area contributed by atoms with Crippen LogP contribution in [-0.4, -0.2) is 17.5 Å². The average Bonchev–Trinajstić information content (AvgIpc) is 3.12. The number of carbonyl (C=O) groups excluding carboxylic acids is 1. The Hall–Kier alpha value is -2.74. The summed E-state index contributed by atoms with van der Waals surface area (Å²) in [4.78, 5) is 17.2. The summed E-state index contributed by atoms with van der Waals surface area (Å²) in [5, 5.41) is 0. The molecular formula is C22H15FeNO4. The summed E-state index contributed by atoms with van der Waals surface area (Å²) in [6.07, 6.45) is 10.1. The van der Waals surface area contributed by atoms with Crippen molar-refractivity contribution < 1.29 is 35.8 Å². The van der Waals surface area contributed by atoms with E-state index in [0.717, 1.165) is 28.0 Å². The Kier molecular flexibility index (Phi) is 11.4. The van der Waals surface area contributed by atoms with Gasteiger partial charge in [-0.1, -0.05) is 54.6 Å². The van der Waals surface area contributed by atoms with Gasteiger partial charge in [-0.15, -0.1) is 0 Å². The van der Waals surface area contributed by atoms with Crippen LogP contribution in [0.3, 0.4) is 0 Å². The zero-order valence-corrected chi connectivity index (χ0v) is 16.0. The van der Waals surface area contributed by atoms with Gasteiger partial charge in [0.05, 0.1) is 11.8 Å². The molecule has 140 valence electrons. The van der Waals surface area contributed by atoms with Crippen molar-refractivity contribution in [3.8, 4) is 0 Å². The molecule has 1 heterocycles. The van der Waals surface area contributed by atoms with Gasteiger partial charge in [0.1, 0.15) is 0 Å². The van der Waals surface area contributed by atoms with Gasteiger partial charge in [-0.2, -0.15) is 0 Å². The van der Waals surface area contributed by atoms with Crippen LogP contribution in [-0.2, 0) is 35.8 Å². The molecule has 3 aliphatic rings. The molecule has 0 aromatic heterocycles. The number of aliphatic imine (C=N–C) groups is 1. The fourth-order valence-corrected chi connectivity index (χ4v) is 3.27. The summed E-state index contributed by atoms with van der Waals surface area (Å²) >= 11 is 0. The van der Waals surface area contributed by atoms with E-state index in [9.17, 15) is 4.79 Å². The molecule has 0 saturated carbocycles. The molecule has 6 heteroatoms. The Morgan fingerprint density at radius 2 is 1.50 bits per heavy atom. The molecule has 2 atom stereocenters. The molecule has 2 aliphatic carbocycles. The zero-order chi connectivity index (χ0) is 20.4. The van der Waals surface area contributed by atoms with Crippen molar-refractivity contribution in [2.45, 2.75) is 13.0 Å². The van der Waals surface area contributed by atoms with E-state index in [4.69, 9.17) is 18.9 Å². The van der Waals surface area contributed by atoms with Crippen molar-refractivity contribution in [1.82, 2.24) is 0 Å². The predicted octanol–water partition coefficient (Wildman–Crippen LogP) is 3.42. The van der Waals surface area contributed by atoms with Crippen LogP contribution < -0.4 is 0 Å². The van der Waals surface area contributed by atoms with E-state index in [1.54, 1.807) is 6.08 Å². The summed E-state index contributed by atoms with van der Waals surface area (Å²) in [6.45, 7) is 15.4. The number of fused-ring (bicyclic) bond motifs is 3. The first-order valence-electron chi connectivity index (χ1n) is 7.83. The minimum Gasteiger partial charge on any atom is 0 e. The molecule has 0 radical (unpaired) electrons. The van der Waals surface area contributed by atoms with Crippen LogP contribution in [0.4, 0.5) is 0 Å². The van der Waals surface area contributed by atoms with E-state index in [2.05, 4.69) is 32.1 Å². The van der Waals surface area contributed by atoms with E-state index >= 15 is 0 Å². The van der Waals surface area contributed by atoms with Crippen molar-refractivity contribution in [2.75, 3.05) is 0 Å². The number of hydrogen-bond donors (Lipinski definition) is 0. The third-order valence-corrected chi connectivity index (χ3v) is 4.35. The summed E-state index contributed by atoms with van der Waals surface area (Å²) in [5.41, 5.74) is 4.91. The molecular weight excluding hydrogens is 398 g/mol. The molecule has 0 spiro atoms. The monoisotopic (exact) mass is 413 g/mol. The number of ketones is 1. The quantitative estimate of drug-likeness (QED) is 0.300. The van der Waals surface area contributed by atoms with Gasteiger partial charge in [0, 0.05) is 34.1 Å². The standard InChI is InChI=1S/C19H15NO.3CO.Fe/c1-12-17(21)11-15-14-9-5-6-10-16(14)20-19(15)18(12)13-7-3-2-4-8-13;3*1-2;/h2-11,14,16H,1H3;;;;/t14-,16-;;;;/m0..../s1. The van der Waals surface area contributed by atoms with Gasteiger partial charge in [-0.25, -0.2) is 0 Å². The molecule has 1 aliphatic heterocycles. The Balaban J connectivity index is 0.000000957. The van der Waals surface area contributed by atoms with Crippen molar-refractivity contribution in [2.24, 2.45) is 10.9 Å². The second-order valence-electron chi connectivity index (χ2n) is 5.59. The van der Waals surface area contributed by atoms with Crippen molar-refractivity contribution in [1.29, 1.82) is 0 Å². The molecule has 4 rings (SSSR count). The van der Waals surface area contributed by atoms with Crippen LogP contribution >= 0.6 is 0 Å². The Labute approximate surface area is 174 Å². The number of allylic oxidation sites excluding steroid dienone is 5. The van der Waals surface area contributed by atoms with E-state index in [-0.39, 0.29) is 34.8 Å². The molecule has 0 amide bonds. The van der Waals surface area contributed by atoms with E-state index < -0.39 is 0 Å². The SMILES string of the molecule is CC1=C(c2ccccc2)C2=N[C@H]3C=CC=C[C@H]3C2=CC1=O.[C-]#[O+].[C-]#[O+].[C-]#[O+].[Fe]. The minimum atomic E-state index is 0. The Morgan fingerprint density at radius 3 is 2.11 bits per heavy atom. The van der Waals surface area contributed by atoms with E-state index in [0.29, 0.717) is 0 Å². The van der Waals surface area contributed by atoms with Crippen molar-refractivity contribution in [3.05, 3.63) is 97.4 Å². The number of carbonyl (C=O) groups is 1. The second-order valence-corrected chi connectivity index (χ2v) is 5.59. The third kappa shape index (κ3) is 4.95. The molecule has 1 aromatic carbocycles. The number of benzene rings is 1. The van der Waals surface area contributed by atoms with Crippen LogP contribution in [0.25, 0.3) is 5.57 Å². The van der Waals surface area contributed by atoms with Crippen LogP contribution in [0.2, 0.25) is 0 Å². The van der Waals surface area contributed by atoms with Gasteiger partial charge in [-0.3, -0.25) is 9.79 Å². The third-order valence-electron chi connectivity index (χ3n) is 4.35. The topological polar surface area (TPSA) is 89.1 Å². The molecule has 5 nitrogen and oxygen atoms in total. The first-order chi connectivity index (χ1) is 13.3. The van der Waals surface area contributed by atoms with Crippen molar-refractivity contribution >= 4 is 17.1 Å². The van der Waals surface area contributed by atoms with Gasteiger partial charge in [0.25, 0.3) is 0 Å². The average molecular weight is 413 g/mol. The van der Waals surface area contributed by atoms with Gasteiger partial charge in [0.15, 0.2) is 5.78 Å². The number of rotatable bonds is 1. The van der Waals surface area contributed by atoms with Crippen molar-refractivity contribution in [3.63, 3.8) is 0 Å². The molecule has 0 unspecified atom stereocenters. The van der Waals surface area contributed by atoms with Crippen LogP contribution in [0.1, 0.15) is 12.5 Å². The van der Waals surface area contributed by atoms with Crippen LogP contribution in [0, 0.1) is 25.9 Å². The fraction of sp³-hybridized carbons (Fsp3) is 0.136. The summed E-state index contributed by atoms with van der Waals surface area (Å²) in [7, 11) is 0. The Morgan fingerprint density at radius 1 is 0.929 bits per heavy atom. The predicted molar refractivity (Wildman–Crippen MR) is 96.9 cm³/mol. The van der Waals surface area contributed by atoms with E-state index in [1.807, 2.05) is 49.4 Å².